The van der Waals surface area contributed by atoms with Crippen LogP contribution in [0.5, 0.6) is 0 Å². The fourth-order valence-electron chi connectivity index (χ4n) is 3.29. The van der Waals surface area contributed by atoms with Gasteiger partial charge in [0.15, 0.2) is 10.4 Å². The van der Waals surface area contributed by atoms with Crippen molar-refractivity contribution in [3.05, 3.63) is 46.3 Å². The molecule has 0 aliphatic carbocycles. The van der Waals surface area contributed by atoms with Gasteiger partial charge < -0.3 is 9.32 Å². The van der Waals surface area contributed by atoms with E-state index in [1.807, 2.05) is 11.1 Å². The molecule has 1 fully saturated rings. The molecule has 0 spiro atoms. The van der Waals surface area contributed by atoms with Gasteiger partial charge in [-0.1, -0.05) is 0 Å². The van der Waals surface area contributed by atoms with Gasteiger partial charge in [0.2, 0.25) is 0 Å². The Bertz CT molecular complexity index is 685. The summed E-state index contributed by atoms with van der Waals surface area (Å²) in [6.07, 6.45) is 6.21. The van der Waals surface area contributed by atoms with Crippen LogP contribution >= 0.6 is 15.9 Å². The van der Waals surface area contributed by atoms with Gasteiger partial charge in [0.1, 0.15) is 6.33 Å². The van der Waals surface area contributed by atoms with Gasteiger partial charge in [-0.25, -0.2) is 9.97 Å². The van der Waals surface area contributed by atoms with Crippen LogP contribution in [0.4, 0.5) is 0 Å². The number of halogens is 1. The average molecular weight is 334 g/mol. The molecule has 0 N–H and O–H groups in total. The van der Waals surface area contributed by atoms with Crippen molar-refractivity contribution in [3.63, 3.8) is 0 Å². The van der Waals surface area contributed by atoms with Crippen LogP contribution in [0, 0.1) is 0 Å². The smallest absolute Gasteiger partial charge is 0.290 e. The van der Waals surface area contributed by atoms with E-state index in [9.17, 15) is 4.79 Å². The number of carbonyl (C=O) groups excluding carboxylic acids is 1. The minimum atomic E-state index is -0.0438. The molecule has 1 amide bonds. The first-order chi connectivity index (χ1) is 9.74. The monoisotopic (exact) mass is 333 g/mol. The molecule has 2 aromatic rings. The molecular formula is C14H12BrN3O2. The van der Waals surface area contributed by atoms with Crippen LogP contribution in [0.25, 0.3) is 0 Å². The zero-order chi connectivity index (χ0) is 13.7. The highest BCUT2D eigenvalue weighted by molar-refractivity contribution is 9.10. The second-order valence-corrected chi connectivity index (χ2v) is 5.97. The average Bonchev–Trinajstić information content (AvgIpc) is 3.02. The Hall–Kier alpha value is -1.69. The third kappa shape index (κ3) is 1.71. The third-order valence-corrected chi connectivity index (χ3v) is 4.56. The van der Waals surface area contributed by atoms with Crippen molar-refractivity contribution in [3.8, 4) is 0 Å². The van der Waals surface area contributed by atoms with Gasteiger partial charge >= 0.3 is 0 Å². The summed E-state index contributed by atoms with van der Waals surface area (Å²) in [6, 6.07) is 3.76. The molecule has 2 aliphatic heterocycles. The molecule has 0 radical (unpaired) electrons. The highest BCUT2D eigenvalue weighted by Crippen LogP contribution is 2.43. The van der Waals surface area contributed by atoms with Crippen molar-refractivity contribution in [2.75, 3.05) is 0 Å². The predicted octanol–water partition coefficient (Wildman–Crippen LogP) is 2.73. The van der Waals surface area contributed by atoms with Crippen LogP contribution in [0.3, 0.4) is 0 Å². The van der Waals surface area contributed by atoms with Gasteiger partial charge in [-0.3, -0.25) is 4.79 Å². The van der Waals surface area contributed by atoms with Crippen LogP contribution < -0.4 is 0 Å². The number of rotatable bonds is 1. The summed E-state index contributed by atoms with van der Waals surface area (Å²) in [5, 5.41) is 0. The van der Waals surface area contributed by atoms with E-state index in [1.54, 1.807) is 18.5 Å². The summed E-state index contributed by atoms with van der Waals surface area (Å²) in [5.41, 5.74) is 2.16. The van der Waals surface area contributed by atoms with Crippen LogP contribution in [0.1, 0.15) is 40.7 Å². The molecule has 6 heteroatoms. The van der Waals surface area contributed by atoms with Gasteiger partial charge in [0.05, 0.1) is 11.7 Å². The number of carbonyl (C=O) groups is 1. The molecule has 102 valence electrons. The molecule has 5 nitrogen and oxygen atoms in total. The zero-order valence-corrected chi connectivity index (χ0v) is 12.2. The van der Waals surface area contributed by atoms with Crippen molar-refractivity contribution >= 4 is 21.8 Å². The standard InChI is InChI=1S/C14H12BrN3O2/c15-13-4-3-12(20-13)14(19)18-8-1-2-11(18)9-6-16-7-17-10(9)5-8/h3-4,6-8,11H,1-2,5H2. The first-order valence-corrected chi connectivity index (χ1v) is 7.40. The van der Waals surface area contributed by atoms with E-state index < -0.39 is 0 Å². The van der Waals surface area contributed by atoms with Crippen molar-refractivity contribution in [1.29, 1.82) is 0 Å². The molecular weight excluding hydrogens is 322 g/mol. The number of furan rings is 1. The van der Waals surface area contributed by atoms with Crippen LogP contribution in [0.2, 0.25) is 0 Å². The molecule has 2 bridgehead atoms. The molecule has 2 atom stereocenters. The maximum absolute atomic E-state index is 12.7. The predicted molar refractivity (Wildman–Crippen MR) is 74.1 cm³/mol. The highest BCUT2D eigenvalue weighted by atomic mass is 79.9. The SMILES string of the molecule is O=C(c1ccc(Br)o1)N1C2CCC1c1cncnc1C2. The van der Waals surface area contributed by atoms with E-state index in [-0.39, 0.29) is 18.0 Å². The van der Waals surface area contributed by atoms with Crippen molar-refractivity contribution in [2.24, 2.45) is 0 Å². The van der Waals surface area contributed by atoms with Gasteiger partial charge in [0, 0.05) is 24.2 Å². The van der Waals surface area contributed by atoms with E-state index in [0.717, 1.165) is 30.5 Å². The normalized spacial score (nSPS) is 23.8. The number of fused-ring (bicyclic) bond motifs is 4. The quantitative estimate of drug-likeness (QED) is 0.805. The van der Waals surface area contributed by atoms with E-state index in [0.29, 0.717) is 10.4 Å². The summed E-state index contributed by atoms with van der Waals surface area (Å²) in [4.78, 5) is 23.1. The first-order valence-electron chi connectivity index (χ1n) is 6.61. The number of nitrogens with zero attached hydrogens (tertiary/aromatic N) is 3. The summed E-state index contributed by atoms with van der Waals surface area (Å²) in [5.74, 6) is 0.340. The maximum atomic E-state index is 12.7. The lowest BCUT2D eigenvalue weighted by Gasteiger charge is -2.34. The minimum absolute atomic E-state index is 0.0438. The Kier molecular flexibility index (Phi) is 2.66. The molecule has 20 heavy (non-hydrogen) atoms. The Labute approximate surface area is 124 Å². The fraction of sp³-hybridized carbons (Fsp3) is 0.357. The molecule has 2 unspecified atom stereocenters. The fourth-order valence-corrected chi connectivity index (χ4v) is 3.60. The lowest BCUT2D eigenvalue weighted by atomic mass is 9.99. The van der Waals surface area contributed by atoms with Gasteiger partial charge in [-0.2, -0.15) is 0 Å². The van der Waals surface area contributed by atoms with Gasteiger partial charge in [0.25, 0.3) is 5.91 Å². The molecule has 2 aliphatic rings. The zero-order valence-electron chi connectivity index (χ0n) is 10.6. The number of hydrogen-bond acceptors (Lipinski definition) is 4. The Morgan fingerprint density at radius 1 is 1.40 bits per heavy atom. The summed E-state index contributed by atoms with van der Waals surface area (Å²) >= 11 is 3.24. The largest absolute Gasteiger partial charge is 0.444 e. The molecule has 2 aromatic heterocycles. The van der Waals surface area contributed by atoms with E-state index in [4.69, 9.17) is 4.42 Å². The van der Waals surface area contributed by atoms with Gasteiger partial charge in [-0.05, 0) is 40.9 Å². The Morgan fingerprint density at radius 3 is 3.10 bits per heavy atom. The topological polar surface area (TPSA) is 59.2 Å². The van der Waals surface area contributed by atoms with E-state index >= 15 is 0 Å². The lowest BCUT2D eigenvalue weighted by molar-refractivity contribution is 0.0609. The van der Waals surface area contributed by atoms with Crippen LogP contribution in [-0.4, -0.2) is 26.8 Å². The van der Waals surface area contributed by atoms with E-state index in [1.165, 1.54) is 0 Å². The van der Waals surface area contributed by atoms with Crippen molar-refractivity contribution in [2.45, 2.75) is 31.3 Å². The maximum Gasteiger partial charge on any atom is 0.290 e. The second kappa shape index (κ2) is 4.41. The van der Waals surface area contributed by atoms with Crippen LogP contribution in [0.15, 0.2) is 33.7 Å². The Morgan fingerprint density at radius 2 is 2.30 bits per heavy atom. The highest BCUT2D eigenvalue weighted by Gasteiger charge is 2.44. The number of hydrogen-bond donors (Lipinski definition) is 0. The summed E-state index contributed by atoms with van der Waals surface area (Å²) < 4.78 is 5.98. The lowest BCUT2D eigenvalue weighted by Crippen LogP contribution is -2.42. The number of aromatic nitrogens is 2. The van der Waals surface area contributed by atoms with E-state index in [2.05, 4.69) is 25.9 Å². The second-order valence-electron chi connectivity index (χ2n) is 5.19. The first kappa shape index (κ1) is 12.1. The van der Waals surface area contributed by atoms with Crippen molar-refractivity contribution in [1.82, 2.24) is 14.9 Å². The van der Waals surface area contributed by atoms with Gasteiger partial charge in [-0.15, -0.1) is 0 Å². The molecule has 1 saturated heterocycles. The summed E-state index contributed by atoms with van der Waals surface area (Å²) in [6.45, 7) is 0. The molecule has 4 rings (SSSR count). The third-order valence-electron chi connectivity index (χ3n) is 4.14. The molecule has 4 heterocycles. The summed E-state index contributed by atoms with van der Waals surface area (Å²) in [7, 11) is 0. The minimum Gasteiger partial charge on any atom is -0.444 e. The molecule has 0 saturated carbocycles. The molecule has 0 aromatic carbocycles. The Balaban J connectivity index is 1.73. The number of amides is 1. The van der Waals surface area contributed by atoms with Crippen LogP contribution in [-0.2, 0) is 6.42 Å². The van der Waals surface area contributed by atoms with Crippen molar-refractivity contribution < 1.29 is 9.21 Å².